The number of nitrogens with one attached hydrogen (secondary N) is 2. The van der Waals surface area contributed by atoms with Crippen LogP contribution in [0.2, 0.25) is 0 Å². The van der Waals surface area contributed by atoms with Crippen molar-refractivity contribution in [2.45, 2.75) is 6.54 Å². The first-order valence-electron chi connectivity index (χ1n) is 8.27. The highest BCUT2D eigenvalue weighted by Crippen LogP contribution is 2.25. The number of nitrogens with two attached hydrogens (primary N) is 1. The number of amides is 2. The summed E-state index contributed by atoms with van der Waals surface area (Å²) in [6.45, 7) is 0.301. The second-order valence-corrected chi connectivity index (χ2v) is 6.83. The lowest BCUT2D eigenvalue weighted by Crippen LogP contribution is -2.17. The molecule has 0 radical (unpaired) electrons. The average Bonchev–Trinajstić information content (AvgIpc) is 2.66. The minimum atomic E-state index is -0.856. The molecule has 0 saturated heterocycles. The van der Waals surface area contributed by atoms with Crippen molar-refractivity contribution in [3.05, 3.63) is 87.9 Å². The standard InChI is InChI=1S/C20H16BrFN4O2/c21-14-9-16(22)18(19(23)27)17(10-14)25-11-12-2-1-3-15(8-12)26-20(28)13-4-6-24-7-5-13/h1-10,25H,11H2,(H2,23,27)(H,26,28). The predicted molar refractivity (Wildman–Crippen MR) is 109 cm³/mol. The number of benzene rings is 2. The fourth-order valence-corrected chi connectivity index (χ4v) is 3.06. The normalized spacial score (nSPS) is 10.4. The summed E-state index contributed by atoms with van der Waals surface area (Å²) >= 11 is 3.20. The Morgan fingerprint density at radius 3 is 2.57 bits per heavy atom. The van der Waals surface area contributed by atoms with Crippen molar-refractivity contribution in [2.24, 2.45) is 5.73 Å². The monoisotopic (exact) mass is 442 g/mol. The molecule has 0 aliphatic rings. The SMILES string of the molecule is NC(=O)c1c(F)cc(Br)cc1NCc1cccc(NC(=O)c2ccncc2)c1. The number of carbonyl (C=O) groups excluding carboxylic acids is 2. The molecule has 0 fully saturated rings. The van der Waals surface area contributed by atoms with Gasteiger partial charge in [0.25, 0.3) is 11.8 Å². The maximum absolute atomic E-state index is 14.0. The molecular formula is C20H16BrFN4O2. The van der Waals surface area contributed by atoms with Crippen LogP contribution >= 0.6 is 15.9 Å². The van der Waals surface area contributed by atoms with E-state index in [0.717, 1.165) is 5.56 Å². The molecule has 142 valence electrons. The average molecular weight is 443 g/mol. The van der Waals surface area contributed by atoms with Crippen LogP contribution in [0.25, 0.3) is 0 Å². The number of aromatic nitrogens is 1. The summed E-state index contributed by atoms with van der Waals surface area (Å²) in [5, 5.41) is 5.82. The molecule has 0 unspecified atom stereocenters. The van der Waals surface area contributed by atoms with Crippen molar-refractivity contribution >= 4 is 39.1 Å². The molecular weight excluding hydrogens is 427 g/mol. The van der Waals surface area contributed by atoms with Gasteiger partial charge < -0.3 is 16.4 Å². The van der Waals surface area contributed by atoms with E-state index in [1.165, 1.54) is 6.07 Å². The number of hydrogen-bond acceptors (Lipinski definition) is 4. The van der Waals surface area contributed by atoms with Gasteiger partial charge in [0.05, 0.1) is 11.3 Å². The Bertz CT molecular complexity index is 1030. The highest BCUT2D eigenvalue weighted by molar-refractivity contribution is 9.10. The molecule has 3 rings (SSSR count). The first-order valence-corrected chi connectivity index (χ1v) is 9.06. The fourth-order valence-electron chi connectivity index (χ4n) is 2.63. The van der Waals surface area contributed by atoms with E-state index in [0.29, 0.717) is 22.3 Å². The van der Waals surface area contributed by atoms with Gasteiger partial charge in [-0.05, 0) is 42.0 Å². The van der Waals surface area contributed by atoms with Crippen molar-refractivity contribution in [3.8, 4) is 0 Å². The third-order valence-corrected chi connectivity index (χ3v) is 4.37. The van der Waals surface area contributed by atoms with E-state index in [9.17, 15) is 14.0 Å². The van der Waals surface area contributed by atoms with Gasteiger partial charge in [-0.1, -0.05) is 28.1 Å². The molecule has 4 N–H and O–H groups in total. The molecule has 6 nitrogen and oxygen atoms in total. The Kier molecular flexibility index (Phi) is 6.00. The maximum atomic E-state index is 14.0. The summed E-state index contributed by atoms with van der Waals surface area (Å²) in [5.41, 5.74) is 7.29. The van der Waals surface area contributed by atoms with Crippen molar-refractivity contribution < 1.29 is 14.0 Å². The van der Waals surface area contributed by atoms with Crippen LogP contribution in [0.15, 0.2) is 65.4 Å². The van der Waals surface area contributed by atoms with E-state index in [1.54, 1.807) is 48.8 Å². The molecule has 0 bridgehead atoms. The fraction of sp³-hybridized carbons (Fsp3) is 0.0500. The number of nitrogens with zero attached hydrogens (tertiary/aromatic N) is 1. The van der Waals surface area contributed by atoms with E-state index in [1.807, 2.05) is 6.07 Å². The second kappa shape index (κ2) is 8.62. The molecule has 2 amide bonds. The van der Waals surface area contributed by atoms with Gasteiger partial charge in [0.1, 0.15) is 5.82 Å². The Hall–Kier alpha value is -3.26. The van der Waals surface area contributed by atoms with Crippen LogP contribution in [-0.2, 0) is 6.54 Å². The highest BCUT2D eigenvalue weighted by Gasteiger charge is 2.15. The summed E-state index contributed by atoms with van der Waals surface area (Å²) in [6.07, 6.45) is 3.09. The van der Waals surface area contributed by atoms with Crippen molar-refractivity contribution in [1.29, 1.82) is 0 Å². The lowest BCUT2D eigenvalue weighted by Gasteiger charge is -2.13. The molecule has 0 atom stereocenters. The van der Waals surface area contributed by atoms with Gasteiger partial charge in [-0.2, -0.15) is 0 Å². The topological polar surface area (TPSA) is 97.1 Å². The number of hydrogen-bond donors (Lipinski definition) is 3. The number of primary amides is 1. The van der Waals surface area contributed by atoms with E-state index < -0.39 is 11.7 Å². The summed E-state index contributed by atoms with van der Waals surface area (Å²) in [4.78, 5) is 27.7. The Morgan fingerprint density at radius 1 is 1.11 bits per heavy atom. The lowest BCUT2D eigenvalue weighted by molar-refractivity contribution is 0.0994. The van der Waals surface area contributed by atoms with Crippen LogP contribution in [0.3, 0.4) is 0 Å². The van der Waals surface area contributed by atoms with E-state index in [-0.39, 0.29) is 17.2 Å². The summed E-state index contributed by atoms with van der Waals surface area (Å²) < 4.78 is 14.5. The van der Waals surface area contributed by atoms with Crippen molar-refractivity contribution in [3.63, 3.8) is 0 Å². The number of halogens is 2. The first-order chi connectivity index (χ1) is 13.4. The minimum Gasteiger partial charge on any atom is -0.380 e. The highest BCUT2D eigenvalue weighted by atomic mass is 79.9. The van der Waals surface area contributed by atoms with Crippen molar-refractivity contribution in [1.82, 2.24) is 4.98 Å². The van der Waals surface area contributed by atoms with Crippen LogP contribution in [0, 0.1) is 5.82 Å². The van der Waals surface area contributed by atoms with Gasteiger partial charge in [-0.3, -0.25) is 14.6 Å². The third kappa shape index (κ3) is 4.72. The van der Waals surface area contributed by atoms with Crippen LogP contribution in [0.4, 0.5) is 15.8 Å². The van der Waals surface area contributed by atoms with Crippen LogP contribution < -0.4 is 16.4 Å². The molecule has 1 aromatic heterocycles. The molecule has 3 aromatic rings. The molecule has 0 aliphatic carbocycles. The van der Waals surface area contributed by atoms with E-state index >= 15 is 0 Å². The molecule has 2 aromatic carbocycles. The van der Waals surface area contributed by atoms with Gasteiger partial charge in [-0.15, -0.1) is 0 Å². The number of carbonyl (C=O) groups is 2. The minimum absolute atomic E-state index is 0.203. The summed E-state index contributed by atoms with van der Waals surface area (Å²) in [7, 11) is 0. The molecule has 1 heterocycles. The molecule has 8 heteroatoms. The van der Waals surface area contributed by atoms with Crippen LogP contribution in [-0.4, -0.2) is 16.8 Å². The van der Waals surface area contributed by atoms with E-state index in [2.05, 4.69) is 31.5 Å². The zero-order chi connectivity index (χ0) is 20.1. The number of pyridine rings is 1. The van der Waals surface area contributed by atoms with Crippen LogP contribution in [0.5, 0.6) is 0 Å². The molecule has 0 saturated carbocycles. The summed E-state index contributed by atoms with van der Waals surface area (Å²) in [5.74, 6) is -1.81. The molecule has 0 spiro atoms. The predicted octanol–water partition coefficient (Wildman–Crippen LogP) is 3.95. The zero-order valence-corrected chi connectivity index (χ0v) is 16.2. The Morgan fingerprint density at radius 2 is 1.86 bits per heavy atom. The van der Waals surface area contributed by atoms with Gasteiger partial charge in [-0.25, -0.2) is 4.39 Å². The smallest absolute Gasteiger partial charge is 0.255 e. The quantitative estimate of drug-likeness (QED) is 0.538. The first kappa shape index (κ1) is 19.5. The number of anilines is 2. The molecule has 28 heavy (non-hydrogen) atoms. The van der Waals surface area contributed by atoms with Crippen LogP contribution in [0.1, 0.15) is 26.3 Å². The largest absolute Gasteiger partial charge is 0.380 e. The van der Waals surface area contributed by atoms with Crippen molar-refractivity contribution in [2.75, 3.05) is 10.6 Å². The van der Waals surface area contributed by atoms with Gasteiger partial charge in [0.2, 0.25) is 0 Å². The third-order valence-electron chi connectivity index (χ3n) is 3.91. The van der Waals surface area contributed by atoms with Gasteiger partial charge in [0.15, 0.2) is 0 Å². The van der Waals surface area contributed by atoms with Gasteiger partial charge >= 0.3 is 0 Å². The second-order valence-electron chi connectivity index (χ2n) is 5.92. The zero-order valence-electron chi connectivity index (χ0n) is 14.6. The maximum Gasteiger partial charge on any atom is 0.255 e. The Labute approximate surface area is 169 Å². The lowest BCUT2D eigenvalue weighted by atomic mass is 10.1. The van der Waals surface area contributed by atoms with E-state index in [4.69, 9.17) is 5.73 Å². The number of rotatable bonds is 6. The van der Waals surface area contributed by atoms with Gasteiger partial charge in [0, 0.05) is 34.7 Å². The summed E-state index contributed by atoms with van der Waals surface area (Å²) in [6, 6.07) is 13.2. The molecule has 0 aliphatic heterocycles. The Balaban J connectivity index is 1.74.